The van der Waals surface area contributed by atoms with Gasteiger partial charge in [0.15, 0.2) is 5.82 Å². The highest BCUT2D eigenvalue weighted by atomic mass is 35.5. The largest absolute Gasteiger partial charge is 0.324 e. The van der Waals surface area contributed by atoms with Crippen LogP contribution in [0.5, 0.6) is 0 Å². The van der Waals surface area contributed by atoms with Gasteiger partial charge >= 0.3 is 0 Å². The van der Waals surface area contributed by atoms with Gasteiger partial charge in [-0.2, -0.15) is 5.10 Å². The summed E-state index contributed by atoms with van der Waals surface area (Å²) in [4.78, 5) is 12.8. The van der Waals surface area contributed by atoms with E-state index in [9.17, 15) is 4.79 Å². The van der Waals surface area contributed by atoms with Crippen molar-refractivity contribution in [1.29, 1.82) is 0 Å². The normalized spacial score (nSPS) is 10.8. The number of hydrogen-bond acceptors (Lipinski definition) is 3. The third-order valence-corrected chi connectivity index (χ3v) is 5.64. The highest BCUT2D eigenvalue weighted by molar-refractivity contribution is 7.71. The summed E-state index contributed by atoms with van der Waals surface area (Å²) in [5.74, 6) is 0.382. The standard InChI is InChI=1S/C24H21ClN4OS/c1-16-12-13-21(17(2)14-16)26-22(30)15-28-24(31)29(18-8-4-3-5-9-18)23(27-28)19-10-6-7-11-20(19)25/h3-14H,15H2,1-2H3,(H,26,30). The average Bonchev–Trinajstić information content (AvgIpc) is 3.07. The molecule has 1 amide bonds. The summed E-state index contributed by atoms with van der Waals surface area (Å²) >= 11 is 12.2. The number of aromatic nitrogens is 3. The molecule has 0 unspecified atom stereocenters. The van der Waals surface area contributed by atoms with E-state index in [-0.39, 0.29) is 12.5 Å². The maximum absolute atomic E-state index is 12.8. The van der Waals surface area contributed by atoms with E-state index in [1.165, 1.54) is 4.68 Å². The summed E-state index contributed by atoms with van der Waals surface area (Å²) in [6.07, 6.45) is 0. The molecule has 0 aliphatic carbocycles. The Kier molecular flexibility index (Phi) is 6.02. The summed E-state index contributed by atoms with van der Waals surface area (Å²) in [6, 6.07) is 23.0. The molecular formula is C24H21ClN4OS. The number of nitrogens with one attached hydrogen (secondary N) is 1. The number of amides is 1. The number of para-hydroxylation sites is 1. The fourth-order valence-electron chi connectivity index (χ4n) is 3.42. The van der Waals surface area contributed by atoms with Crippen molar-refractivity contribution in [3.05, 3.63) is 93.7 Å². The molecule has 0 aliphatic rings. The zero-order chi connectivity index (χ0) is 22.0. The Morgan fingerprint density at radius 2 is 1.74 bits per heavy atom. The molecule has 31 heavy (non-hydrogen) atoms. The lowest BCUT2D eigenvalue weighted by atomic mass is 10.1. The van der Waals surface area contributed by atoms with Gasteiger partial charge in [-0.15, -0.1) is 0 Å². The van der Waals surface area contributed by atoms with Crippen molar-refractivity contribution >= 4 is 35.4 Å². The van der Waals surface area contributed by atoms with Crippen LogP contribution in [0.1, 0.15) is 11.1 Å². The van der Waals surface area contributed by atoms with Crippen molar-refractivity contribution in [2.45, 2.75) is 20.4 Å². The van der Waals surface area contributed by atoms with Gasteiger partial charge in [0.1, 0.15) is 6.54 Å². The number of benzene rings is 3. The molecule has 0 fully saturated rings. The lowest BCUT2D eigenvalue weighted by molar-refractivity contribution is -0.116. The zero-order valence-electron chi connectivity index (χ0n) is 17.2. The number of rotatable bonds is 5. The van der Waals surface area contributed by atoms with Crippen LogP contribution in [0.2, 0.25) is 5.02 Å². The van der Waals surface area contributed by atoms with E-state index in [1.54, 1.807) is 6.07 Å². The van der Waals surface area contributed by atoms with E-state index >= 15 is 0 Å². The van der Waals surface area contributed by atoms with Crippen LogP contribution >= 0.6 is 23.8 Å². The van der Waals surface area contributed by atoms with E-state index in [4.69, 9.17) is 23.8 Å². The van der Waals surface area contributed by atoms with Gasteiger partial charge in [0.2, 0.25) is 10.7 Å². The minimum Gasteiger partial charge on any atom is -0.324 e. The maximum Gasteiger partial charge on any atom is 0.246 e. The predicted molar refractivity (Wildman–Crippen MR) is 127 cm³/mol. The number of aryl methyl sites for hydroxylation is 2. The van der Waals surface area contributed by atoms with Crippen LogP contribution in [-0.4, -0.2) is 20.3 Å². The van der Waals surface area contributed by atoms with Gasteiger partial charge in [0, 0.05) is 16.9 Å². The van der Waals surface area contributed by atoms with Gasteiger partial charge in [0.25, 0.3) is 0 Å². The third kappa shape index (κ3) is 4.45. The van der Waals surface area contributed by atoms with E-state index in [0.29, 0.717) is 15.6 Å². The molecule has 1 aromatic heterocycles. The number of carbonyl (C=O) groups excluding carboxylic acids is 1. The average molecular weight is 449 g/mol. The molecule has 4 aromatic rings. The van der Waals surface area contributed by atoms with Crippen LogP contribution in [0.15, 0.2) is 72.8 Å². The molecule has 7 heteroatoms. The summed E-state index contributed by atoms with van der Waals surface area (Å²) in [5.41, 5.74) is 4.51. The Hall–Kier alpha value is -3.22. The van der Waals surface area contributed by atoms with E-state index in [0.717, 1.165) is 28.1 Å². The van der Waals surface area contributed by atoms with Crippen LogP contribution in [0, 0.1) is 18.6 Å². The first kappa shape index (κ1) is 21.0. The van der Waals surface area contributed by atoms with Crippen molar-refractivity contribution < 1.29 is 4.79 Å². The number of hydrogen-bond donors (Lipinski definition) is 1. The van der Waals surface area contributed by atoms with Crippen molar-refractivity contribution in [2.75, 3.05) is 5.32 Å². The lowest BCUT2D eigenvalue weighted by Gasteiger charge is -2.09. The summed E-state index contributed by atoms with van der Waals surface area (Å²) in [5, 5.41) is 8.18. The highest BCUT2D eigenvalue weighted by Crippen LogP contribution is 2.29. The van der Waals surface area contributed by atoms with Crippen molar-refractivity contribution in [1.82, 2.24) is 14.3 Å². The zero-order valence-corrected chi connectivity index (χ0v) is 18.7. The fraction of sp³-hybridized carbons (Fsp3) is 0.125. The molecule has 3 aromatic carbocycles. The molecule has 0 saturated carbocycles. The molecule has 0 spiro atoms. The van der Waals surface area contributed by atoms with E-state index in [1.807, 2.05) is 85.1 Å². The van der Waals surface area contributed by atoms with Gasteiger partial charge in [-0.3, -0.25) is 9.36 Å². The molecule has 0 bridgehead atoms. The van der Waals surface area contributed by atoms with E-state index < -0.39 is 0 Å². The lowest BCUT2D eigenvalue weighted by Crippen LogP contribution is -2.20. The molecule has 156 valence electrons. The molecule has 0 aliphatic heterocycles. The van der Waals surface area contributed by atoms with Gasteiger partial charge in [0.05, 0.1) is 5.02 Å². The van der Waals surface area contributed by atoms with E-state index in [2.05, 4.69) is 10.4 Å². The number of halogens is 1. The summed E-state index contributed by atoms with van der Waals surface area (Å²) in [7, 11) is 0. The van der Waals surface area contributed by atoms with Crippen molar-refractivity contribution in [3.63, 3.8) is 0 Å². The fourth-order valence-corrected chi connectivity index (χ4v) is 3.93. The molecule has 0 radical (unpaired) electrons. The SMILES string of the molecule is Cc1ccc(NC(=O)Cn2nc(-c3ccccc3Cl)n(-c3ccccc3)c2=S)c(C)c1. The molecule has 1 heterocycles. The quantitative estimate of drug-likeness (QED) is 0.382. The number of carbonyl (C=O) groups is 1. The minimum atomic E-state index is -0.202. The Morgan fingerprint density at radius 3 is 2.45 bits per heavy atom. The van der Waals surface area contributed by atoms with Crippen LogP contribution in [0.3, 0.4) is 0 Å². The van der Waals surface area contributed by atoms with Gasteiger partial charge < -0.3 is 5.32 Å². The van der Waals surface area contributed by atoms with Gasteiger partial charge in [-0.25, -0.2) is 4.68 Å². The Labute approximate surface area is 190 Å². The Morgan fingerprint density at radius 1 is 1.03 bits per heavy atom. The second-order valence-electron chi connectivity index (χ2n) is 7.28. The third-order valence-electron chi connectivity index (χ3n) is 4.92. The second kappa shape index (κ2) is 8.88. The maximum atomic E-state index is 12.8. The highest BCUT2D eigenvalue weighted by Gasteiger charge is 2.18. The first-order valence-electron chi connectivity index (χ1n) is 9.81. The minimum absolute atomic E-state index is 0.0105. The number of nitrogens with zero attached hydrogens (tertiary/aromatic N) is 3. The molecule has 1 N–H and O–H groups in total. The van der Waals surface area contributed by atoms with Crippen molar-refractivity contribution in [3.8, 4) is 17.1 Å². The molecule has 0 atom stereocenters. The van der Waals surface area contributed by atoms with Crippen LogP contribution in [0.4, 0.5) is 5.69 Å². The van der Waals surface area contributed by atoms with Crippen LogP contribution in [-0.2, 0) is 11.3 Å². The topological polar surface area (TPSA) is 51.9 Å². The summed E-state index contributed by atoms with van der Waals surface area (Å²) < 4.78 is 3.78. The Bertz CT molecular complexity index is 1310. The smallest absolute Gasteiger partial charge is 0.246 e. The van der Waals surface area contributed by atoms with Crippen LogP contribution < -0.4 is 5.32 Å². The molecule has 4 rings (SSSR count). The summed E-state index contributed by atoms with van der Waals surface area (Å²) in [6.45, 7) is 3.97. The first-order valence-corrected chi connectivity index (χ1v) is 10.6. The monoisotopic (exact) mass is 448 g/mol. The molecule has 5 nitrogen and oxygen atoms in total. The first-order chi connectivity index (χ1) is 14.9. The molecular weight excluding hydrogens is 428 g/mol. The van der Waals surface area contributed by atoms with Crippen LogP contribution in [0.25, 0.3) is 17.1 Å². The molecule has 0 saturated heterocycles. The number of anilines is 1. The van der Waals surface area contributed by atoms with Crippen molar-refractivity contribution in [2.24, 2.45) is 0 Å². The van der Waals surface area contributed by atoms with Gasteiger partial charge in [-0.1, -0.05) is 59.6 Å². The predicted octanol–water partition coefficient (Wildman–Crippen LogP) is 5.98. The second-order valence-corrected chi connectivity index (χ2v) is 8.05. The Balaban J connectivity index is 1.73. The van der Waals surface area contributed by atoms with Gasteiger partial charge in [-0.05, 0) is 62.0 Å².